The number of rotatable bonds is 5. The molecule has 2 amide bonds. The number of para-hydroxylation sites is 1. The van der Waals surface area contributed by atoms with E-state index in [-0.39, 0.29) is 11.7 Å². The van der Waals surface area contributed by atoms with E-state index in [1.54, 1.807) is 43.3 Å². The number of fused-ring (bicyclic) bond motifs is 1. The lowest BCUT2D eigenvalue weighted by atomic mass is 10.0. The summed E-state index contributed by atoms with van der Waals surface area (Å²) in [6.07, 6.45) is -1.48. The van der Waals surface area contributed by atoms with Gasteiger partial charge in [0, 0.05) is 5.69 Å². The number of anilines is 1. The molecule has 1 heterocycles. The molecular weight excluding hydrogens is 394 g/mol. The van der Waals surface area contributed by atoms with E-state index in [1.165, 1.54) is 17.1 Å². The predicted molar refractivity (Wildman–Crippen MR) is 116 cm³/mol. The highest BCUT2D eigenvalue weighted by Crippen LogP contribution is 2.32. The molecule has 3 aromatic rings. The second-order valence-electron chi connectivity index (χ2n) is 7.41. The first-order chi connectivity index (χ1) is 14.9. The van der Waals surface area contributed by atoms with Crippen molar-refractivity contribution in [2.75, 3.05) is 5.32 Å². The minimum Gasteiger partial charge on any atom is -0.508 e. The van der Waals surface area contributed by atoms with Gasteiger partial charge in [-0.25, -0.2) is 5.01 Å². The summed E-state index contributed by atoms with van der Waals surface area (Å²) < 4.78 is 5.73. The molecule has 0 aliphatic carbocycles. The minimum absolute atomic E-state index is 0.113. The van der Waals surface area contributed by atoms with Crippen molar-refractivity contribution in [3.63, 3.8) is 0 Å². The fourth-order valence-corrected chi connectivity index (χ4v) is 3.34. The van der Waals surface area contributed by atoms with E-state index in [1.807, 2.05) is 31.2 Å². The first kappa shape index (κ1) is 20.3. The summed E-state index contributed by atoms with van der Waals surface area (Å²) in [7, 11) is 0. The van der Waals surface area contributed by atoms with E-state index >= 15 is 0 Å². The minimum atomic E-state index is -0.826. The van der Waals surface area contributed by atoms with Crippen LogP contribution < -0.4 is 15.5 Å². The Kier molecular flexibility index (Phi) is 5.49. The van der Waals surface area contributed by atoms with Crippen LogP contribution in [0.4, 0.5) is 5.69 Å². The topological polar surface area (TPSA) is 90.9 Å². The van der Waals surface area contributed by atoms with Gasteiger partial charge in [-0.05, 0) is 55.8 Å². The van der Waals surface area contributed by atoms with E-state index in [0.717, 1.165) is 5.56 Å². The zero-order valence-corrected chi connectivity index (χ0v) is 17.2. The molecule has 7 heteroatoms. The molecule has 3 N–H and O–H groups in total. The fraction of sp³-hybridized carbons (Fsp3) is 0.167. The van der Waals surface area contributed by atoms with E-state index in [0.29, 0.717) is 22.6 Å². The Morgan fingerprint density at radius 3 is 2.45 bits per heavy atom. The third kappa shape index (κ3) is 4.30. The zero-order chi connectivity index (χ0) is 22.0. The number of carbonyl (C=O) groups is 2. The second-order valence-corrected chi connectivity index (χ2v) is 7.41. The molecular formula is C24H23N3O4. The molecule has 0 saturated carbocycles. The van der Waals surface area contributed by atoms with Crippen molar-refractivity contribution < 1.29 is 19.4 Å². The molecule has 2 atom stereocenters. The first-order valence-corrected chi connectivity index (χ1v) is 9.94. The predicted octanol–water partition coefficient (Wildman–Crippen LogP) is 3.77. The Labute approximate surface area is 180 Å². The number of hydrazine groups is 1. The third-order valence-corrected chi connectivity index (χ3v) is 5.07. The van der Waals surface area contributed by atoms with E-state index in [4.69, 9.17) is 4.74 Å². The number of carbonyl (C=O) groups excluding carboxylic acids is 2. The number of aryl methyl sites for hydroxylation is 1. The van der Waals surface area contributed by atoms with Gasteiger partial charge in [0.1, 0.15) is 17.7 Å². The largest absolute Gasteiger partial charge is 0.508 e. The normalized spacial score (nSPS) is 16.1. The van der Waals surface area contributed by atoms with Crippen LogP contribution in [-0.4, -0.2) is 28.0 Å². The van der Waals surface area contributed by atoms with Crippen LogP contribution in [0, 0.1) is 6.92 Å². The molecule has 1 aliphatic rings. The molecule has 1 aliphatic heterocycles. The van der Waals surface area contributed by atoms with Gasteiger partial charge in [-0.2, -0.15) is 0 Å². The summed E-state index contributed by atoms with van der Waals surface area (Å²) in [6, 6.07) is 20.9. The molecule has 0 bridgehead atoms. The number of ether oxygens (including phenoxy) is 1. The Hall–Kier alpha value is -4.00. The Balaban J connectivity index is 1.58. The van der Waals surface area contributed by atoms with Crippen LogP contribution in [0.5, 0.6) is 11.5 Å². The van der Waals surface area contributed by atoms with Crippen LogP contribution >= 0.6 is 0 Å². The lowest BCUT2D eigenvalue weighted by Gasteiger charge is -2.38. The lowest BCUT2D eigenvalue weighted by molar-refractivity contribution is -0.132. The maximum atomic E-state index is 13.2. The SMILES string of the molecule is Cc1ccc(OC(C)C(=O)NN2C(=O)c3ccccc3NC2c2ccc(O)cc2)cc1. The van der Waals surface area contributed by atoms with Gasteiger partial charge in [0.15, 0.2) is 6.10 Å². The van der Waals surface area contributed by atoms with Gasteiger partial charge < -0.3 is 15.2 Å². The van der Waals surface area contributed by atoms with E-state index < -0.39 is 18.2 Å². The fourth-order valence-electron chi connectivity index (χ4n) is 3.34. The lowest BCUT2D eigenvalue weighted by Crippen LogP contribution is -2.55. The second kappa shape index (κ2) is 8.39. The molecule has 158 valence electrons. The van der Waals surface area contributed by atoms with Gasteiger partial charge in [0.2, 0.25) is 0 Å². The van der Waals surface area contributed by atoms with Crippen LogP contribution in [0.2, 0.25) is 0 Å². The summed E-state index contributed by atoms with van der Waals surface area (Å²) in [5.74, 6) is -0.124. The van der Waals surface area contributed by atoms with Crippen LogP contribution in [0.3, 0.4) is 0 Å². The van der Waals surface area contributed by atoms with Crippen LogP contribution in [0.25, 0.3) is 0 Å². The highest BCUT2D eigenvalue weighted by molar-refractivity contribution is 6.02. The highest BCUT2D eigenvalue weighted by atomic mass is 16.5. The number of aromatic hydroxyl groups is 1. The maximum Gasteiger partial charge on any atom is 0.279 e. The summed E-state index contributed by atoms with van der Waals surface area (Å²) in [6.45, 7) is 3.59. The van der Waals surface area contributed by atoms with Gasteiger partial charge in [0.25, 0.3) is 11.8 Å². The molecule has 0 saturated heterocycles. The number of amides is 2. The number of nitrogens with zero attached hydrogens (tertiary/aromatic N) is 1. The van der Waals surface area contributed by atoms with Crippen molar-refractivity contribution in [2.45, 2.75) is 26.1 Å². The van der Waals surface area contributed by atoms with Crippen molar-refractivity contribution in [1.29, 1.82) is 0 Å². The van der Waals surface area contributed by atoms with Crippen molar-refractivity contribution in [3.8, 4) is 11.5 Å². The summed E-state index contributed by atoms with van der Waals surface area (Å²) >= 11 is 0. The number of hydrogen-bond acceptors (Lipinski definition) is 5. The van der Waals surface area contributed by atoms with Crippen molar-refractivity contribution >= 4 is 17.5 Å². The molecule has 2 unspecified atom stereocenters. The highest BCUT2D eigenvalue weighted by Gasteiger charge is 2.35. The maximum absolute atomic E-state index is 13.2. The molecule has 0 radical (unpaired) electrons. The van der Waals surface area contributed by atoms with Gasteiger partial charge in [-0.1, -0.05) is 42.0 Å². The van der Waals surface area contributed by atoms with Crippen molar-refractivity contribution in [3.05, 3.63) is 89.5 Å². The van der Waals surface area contributed by atoms with Crippen molar-refractivity contribution in [2.24, 2.45) is 0 Å². The van der Waals surface area contributed by atoms with Crippen LogP contribution in [-0.2, 0) is 4.79 Å². The monoisotopic (exact) mass is 417 g/mol. The van der Waals surface area contributed by atoms with Gasteiger partial charge in [-0.3, -0.25) is 15.0 Å². The molecule has 3 aromatic carbocycles. The summed E-state index contributed by atoms with van der Waals surface area (Å²) in [5.41, 5.74) is 5.60. The van der Waals surface area contributed by atoms with Crippen LogP contribution in [0.15, 0.2) is 72.8 Å². The number of benzene rings is 3. The molecule has 31 heavy (non-hydrogen) atoms. The average molecular weight is 417 g/mol. The zero-order valence-electron chi connectivity index (χ0n) is 17.2. The Morgan fingerprint density at radius 1 is 1.06 bits per heavy atom. The molecule has 0 fully saturated rings. The molecule has 4 rings (SSSR count). The quantitative estimate of drug-likeness (QED) is 0.588. The average Bonchev–Trinajstić information content (AvgIpc) is 2.77. The van der Waals surface area contributed by atoms with Crippen LogP contribution in [0.1, 0.15) is 34.6 Å². The molecule has 0 aromatic heterocycles. The van der Waals surface area contributed by atoms with Gasteiger partial charge in [-0.15, -0.1) is 0 Å². The smallest absolute Gasteiger partial charge is 0.279 e. The Morgan fingerprint density at radius 2 is 1.74 bits per heavy atom. The number of phenolic OH excluding ortho intramolecular Hbond substituents is 1. The van der Waals surface area contributed by atoms with E-state index in [9.17, 15) is 14.7 Å². The Bertz CT molecular complexity index is 1100. The van der Waals surface area contributed by atoms with Gasteiger partial charge in [0.05, 0.1) is 5.56 Å². The third-order valence-electron chi connectivity index (χ3n) is 5.07. The van der Waals surface area contributed by atoms with Gasteiger partial charge >= 0.3 is 0 Å². The number of hydrogen-bond donors (Lipinski definition) is 3. The molecule has 0 spiro atoms. The molecule has 7 nitrogen and oxygen atoms in total. The number of nitrogens with one attached hydrogen (secondary N) is 2. The summed E-state index contributed by atoms with van der Waals surface area (Å²) in [4.78, 5) is 26.1. The van der Waals surface area contributed by atoms with E-state index in [2.05, 4.69) is 10.7 Å². The van der Waals surface area contributed by atoms with Crippen molar-refractivity contribution in [1.82, 2.24) is 10.4 Å². The first-order valence-electron chi connectivity index (χ1n) is 9.94. The number of phenols is 1. The summed E-state index contributed by atoms with van der Waals surface area (Å²) in [5, 5.41) is 14.2. The standard InChI is InChI=1S/C24H23N3O4/c1-15-7-13-19(14-8-15)31-16(2)23(29)26-27-22(17-9-11-18(28)12-10-17)25-21-6-4-3-5-20(21)24(27)30/h3-14,16,22,25,28H,1-2H3,(H,26,29).